The van der Waals surface area contributed by atoms with Crippen LogP contribution in [0.2, 0.25) is 0 Å². The first-order valence-electron chi connectivity index (χ1n) is 5.93. The molecule has 0 aromatic rings. The van der Waals surface area contributed by atoms with Crippen molar-refractivity contribution < 1.29 is 9.53 Å². The molecule has 0 aromatic carbocycles. The second-order valence-corrected chi connectivity index (χ2v) is 4.38. The molecule has 2 aliphatic rings. The van der Waals surface area contributed by atoms with Crippen molar-refractivity contribution >= 4 is 5.78 Å². The lowest BCUT2D eigenvalue weighted by Crippen LogP contribution is -2.29. The van der Waals surface area contributed by atoms with Crippen molar-refractivity contribution in [2.75, 3.05) is 19.7 Å². The largest absolute Gasteiger partial charge is 0.490 e. The molecule has 84 valence electrons. The molecule has 0 unspecified atom stereocenters. The Balaban J connectivity index is 1.82. The molecule has 0 aromatic heterocycles. The molecule has 3 nitrogen and oxygen atoms in total. The minimum atomic E-state index is 0.210. The van der Waals surface area contributed by atoms with Crippen molar-refractivity contribution in [1.29, 1.82) is 0 Å². The van der Waals surface area contributed by atoms with E-state index < -0.39 is 0 Å². The molecule has 1 N–H and O–H groups in total. The maximum Gasteiger partial charge on any atom is 0.197 e. The molecular formula is C12H19NO2. The number of carbonyl (C=O) groups excluding carboxylic acids is 1. The van der Waals surface area contributed by atoms with Gasteiger partial charge in [-0.3, -0.25) is 4.79 Å². The van der Waals surface area contributed by atoms with Crippen LogP contribution in [0.1, 0.15) is 32.1 Å². The van der Waals surface area contributed by atoms with Gasteiger partial charge in [0.2, 0.25) is 0 Å². The van der Waals surface area contributed by atoms with E-state index in [1.165, 1.54) is 0 Å². The Morgan fingerprint density at radius 1 is 1.47 bits per heavy atom. The fourth-order valence-corrected chi connectivity index (χ4v) is 2.20. The number of Topliss-reactive ketones (excluding diaryl/α,β-unsaturated/α-hetero) is 1. The van der Waals surface area contributed by atoms with Crippen molar-refractivity contribution in [3.05, 3.63) is 11.8 Å². The Bertz CT molecular complexity index is 254. The van der Waals surface area contributed by atoms with Crippen molar-refractivity contribution in [3.8, 4) is 0 Å². The van der Waals surface area contributed by atoms with Gasteiger partial charge < -0.3 is 10.1 Å². The van der Waals surface area contributed by atoms with Gasteiger partial charge in [0.05, 0.1) is 6.61 Å². The van der Waals surface area contributed by atoms with E-state index in [0.29, 0.717) is 24.7 Å². The predicted molar refractivity (Wildman–Crippen MR) is 58.5 cm³/mol. The minimum absolute atomic E-state index is 0.210. The molecule has 1 fully saturated rings. The second-order valence-electron chi connectivity index (χ2n) is 4.38. The van der Waals surface area contributed by atoms with E-state index in [4.69, 9.17) is 4.74 Å². The number of nitrogens with one attached hydrogen (secondary N) is 1. The average Bonchev–Trinajstić information content (AvgIpc) is 2.31. The summed E-state index contributed by atoms with van der Waals surface area (Å²) in [5.41, 5.74) is 0. The number of hydrogen-bond acceptors (Lipinski definition) is 3. The van der Waals surface area contributed by atoms with Gasteiger partial charge in [0.25, 0.3) is 0 Å². The van der Waals surface area contributed by atoms with Crippen molar-refractivity contribution in [2.45, 2.75) is 32.1 Å². The zero-order chi connectivity index (χ0) is 10.5. The summed E-state index contributed by atoms with van der Waals surface area (Å²) in [5.74, 6) is 1.39. The molecule has 2 rings (SSSR count). The molecule has 0 amide bonds. The Morgan fingerprint density at radius 3 is 2.93 bits per heavy atom. The monoisotopic (exact) mass is 209 g/mol. The van der Waals surface area contributed by atoms with Crippen LogP contribution in [0.3, 0.4) is 0 Å². The zero-order valence-electron chi connectivity index (χ0n) is 9.13. The topological polar surface area (TPSA) is 38.3 Å². The van der Waals surface area contributed by atoms with Gasteiger partial charge in [-0.1, -0.05) is 0 Å². The fraction of sp³-hybridized carbons (Fsp3) is 0.750. The van der Waals surface area contributed by atoms with Crippen LogP contribution in [0.5, 0.6) is 0 Å². The summed E-state index contributed by atoms with van der Waals surface area (Å²) in [6.07, 6.45) is 6.91. The van der Waals surface area contributed by atoms with Crippen LogP contribution < -0.4 is 5.32 Å². The third-order valence-electron chi connectivity index (χ3n) is 3.14. The Kier molecular flexibility index (Phi) is 3.78. The van der Waals surface area contributed by atoms with Crippen LogP contribution in [0, 0.1) is 5.92 Å². The van der Waals surface area contributed by atoms with E-state index in [1.54, 1.807) is 0 Å². The molecule has 0 saturated carbocycles. The second kappa shape index (κ2) is 5.31. The lowest BCUT2D eigenvalue weighted by atomic mass is 9.92. The molecule has 1 saturated heterocycles. The molecule has 3 heteroatoms. The number of ketones is 1. The first-order chi connectivity index (χ1) is 7.36. The van der Waals surface area contributed by atoms with E-state index in [0.717, 1.165) is 38.8 Å². The van der Waals surface area contributed by atoms with Gasteiger partial charge in [0.15, 0.2) is 11.5 Å². The summed E-state index contributed by atoms with van der Waals surface area (Å²) in [4.78, 5) is 11.9. The van der Waals surface area contributed by atoms with Gasteiger partial charge in [0, 0.05) is 6.42 Å². The summed E-state index contributed by atoms with van der Waals surface area (Å²) in [5, 5.41) is 3.31. The highest BCUT2D eigenvalue weighted by Crippen LogP contribution is 2.20. The van der Waals surface area contributed by atoms with Crippen LogP contribution in [0.15, 0.2) is 11.8 Å². The fourth-order valence-electron chi connectivity index (χ4n) is 2.20. The number of ether oxygens (including phenoxy) is 1. The highest BCUT2D eigenvalue weighted by molar-refractivity contribution is 5.93. The summed E-state index contributed by atoms with van der Waals surface area (Å²) in [6.45, 7) is 2.82. The summed E-state index contributed by atoms with van der Waals surface area (Å²) in [7, 11) is 0. The van der Waals surface area contributed by atoms with Crippen LogP contribution >= 0.6 is 0 Å². The van der Waals surface area contributed by atoms with Crippen molar-refractivity contribution in [2.24, 2.45) is 5.92 Å². The Hall–Kier alpha value is -0.830. The molecule has 0 spiro atoms. The molecule has 2 heterocycles. The van der Waals surface area contributed by atoms with Gasteiger partial charge in [-0.25, -0.2) is 0 Å². The van der Waals surface area contributed by atoms with Gasteiger partial charge in [0.1, 0.15) is 0 Å². The lowest BCUT2D eigenvalue weighted by molar-refractivity contribution is -0.120. The average molecular weight is 209 g/mol. The molecule has 0 atom stereocenters. The molecule has 0 aliphatic carbocycles. The maximum absolute atomic E-state index is 11.9. The van der Waals surface area contributed by atoms with Gasteiger partial charge in [-0.05, 0) is 50.8 Å². The highest BCUT2D eigenvalue weighted by atomic mass is 16.5. The van der Waals surface area contributed by atoms with Gasteiger partial charge in [-0.2, -0.15) is 0 Å². The summed E-state index contributed by atoms with van der Waals surface area (Å²) < 4.78 is 5.38. The third-order valence-corrected chi connectivity index (χ3v) is 3.14. The van der Waals surface area contributed by atoms with Crippen LogP contribution in [0.25, 0.3) is 0 Å². The van der Waals surface area contributed by atoms with E-state index >= 15 is 0 Å². The standard InChI is InChI=1S/C12H19NO2/c14-11(12-3-1-2-8-15-12)9-10-4-6-13-7-5-10/h3,10,13H,1-2,4-9H2. The molecule has 2 aliphatic heterocycles. The first kappa shape index (κ1) is 10.7. The number of allylic oxidation sites excluding steroid dienone is 2. The Morgan fingerprint density at radius 2 is 2.27 bits per heavy atom. The van der Waals surface area contributed by atoms with E-state index in [-0.39, 0.29) is 5.78 Å². The number of hydrogen-bond donors (Lipinski definition) is 1. The maximum atomic E-state index is 11.9. The minimum Gasteiger partial charge on any atom is -0.490 e. The normalized spacial score (nSPS) is 23.1. The molecule has 0 bridgehead atoms. The Labute approximate surface area is 90.9 Å². The van der Waals surface area contributed by atoms with Crippen molar-refractivity contribution in [1.82, 2.24) is 5.32 Å². The van der Waals surface area contributed by atoms with Gasteiger partial charge in [-0.15, -0.1) is 0 Å². The SMILES string of the molecule is O=C(CC1CCNCC1)C1=CCCCO1. The highest BCUT2D eigenvalue weighted by Gasteiger charge is 2.20. The van der Waals surface area contributed by atoms with Crippen LogP contribution in [-0.2, 0) is 9.53 Å². The zero-order valence-corrected chi connectivity index (χ0v) is 9.13. The molecule has 0 radical (unpaired) electrons. The first-order valence-corrected chi connectivity index (χ1v) is 5.93. The summed E-state index contributed by atoms with van der Waals surface area (Å²) in [6, 6.07) is 0. The van der Waals surface area contributed by atoms with Crippen LogP contribution in [-0.4, -0.2) is 25.5 Å². The molecule has 15 heavy (non-hydrogen) atoms. The lowest BCUT2D eigenvalue weighted by Gasteiger charge is -2.22. The van der Waals surface area contributed by atoms with Crippen molar-refractivity contribution in [3.63, 3.8) is 0 Å². The molecular weight excluding hydrogens is 190 g/mol. The van der Waals surface area contributed by atoms with Crippen LogP contribution in [0.4, 0.5) is 0 Å². The van der Waals surface area contributed by atoms with E-state index in [9.17, 15) is 4.79 Å². The third kappa shape index (κ3) is 3.06. The number of rotatable bonds is 3. The number of carbonyl (C=O) groups is 1. The quantitative estimate of drug-likeness (QED) is 0.768. The van der Waals surface area contributed by atoms with E-state index in [1.807, 2.05) is 6.08 Å². The van der Waals surface area contributed by atoms with Gasteiger partial charge >= 0.3 is 0 Å². The summed E-state index contributed by atoms with van der Waals surface area (Å²) >= 11 is 0. The number of piperidine rings is 1. The smallest absolute Gasteiger partial charge is 0.197 e. The van der Waals surface area contributed by atoms with E-state index in [2.05, 4.69) is 5.32 Å². The predicted octanol–water partition coefficient (Wildman–Crippen LogP) is 1.64.